The zero-order chi connectivity index (χ0) is 26.6. The smallest absolute Gasteiger partial charge is 0.416 e. The number of nitrogens with one attached hydrogen (secondary N) is 1. The molecule has 7 nitrogen and oxygen atoms in total. The summed E-state index contributed by atoms with van der Waals surface area (Å²) in [7, 11) is 0. The molecule has 1 amide bonds. The van der Waals surface area contributed by atoms with Gasteiger partial charge in [-0.3, -0.25) is 14.9 Å². The fourth-order valence-electron chi connectivity index (χ4n) is 3.06. The summed E-state index contributed by atoms with van der Waals surface area (Å²) in [4.78, 5) is 22.8. The van der Waals surface area contributed by atoms with E-state index in [1.165, 1.54) is 24.3 Å². The van der Waals surface area contributed by atoms with Crippen LogP contribution >= 0.6 is 11.6 Å². The predicted octanol–water partition coefficient (Wildman–Crippen LogP) is 7.22. The second-order valence-electron chi connectivity index (χ2n) is 7.65. The number of nitro benzene ring substituents is 1. The SMILES string of the molecule is Cc1ccc(NC(=O)/C(C#N)=C\c2ccc(Oc3ccc(C(F)(F)F)cc3[N+](=O)[O-])c(Cl)c2)cc1C. The van der Waals surface area contributed by atoms with E-state index in [0.717, 1.165) is 17.2 Å². The summed E-state index contributed by atoms with van der Waals surface area (Å²) in [6.07, 6.45) is -3.48. The van der Waals surface area contributed by atoms with Crippen LogP contribution in [0.1, 0.15) is 22.3 Å². The molecule has 1 N–H and O–H groups in total. The standard InChI is InChI=1S/C25H17ClF3N3O4/c1-14-3-6-19(9-15(14)2)31-24(33)17(13-30)10-16-4-7-22(20(26)11-16)36-23-8-5-18(25(27,28)29)12-21(23)32(34)35/h3-12H,1-2H3,(H,31,33)/b17-10-. The van der Waals surface area contributed by atoms with Crippen molar-refractivity contribution in [3.05, 3.63) is 97.6 Å². The van der Waals surface area contributed by atoms with E-state index < -0.39 is 34.0 Å². The van der Waals surface area contributed by atoms with Crippen molar-refractivity contribution in [1.82, 2.24) is 0 Å². The maximum absolute atomic E-state index is 12.9. The number of anilines is 1. The summed E-state index contributed by atoms with van der Waals surface area (Å²) in [6, 6.07) is 13.1. The summed E-state index contributed by atoms with van der Waals surface area (Å²) in [5.41, 5.74) is 0.575. The van der Waals surface area contributed by atoms with Gasteiger partial charge in [-0.05, 0) is 73.0 Å². The molecule has 0 unspecified atom stereocenters. The molecule has 3 aromatic rings. The van der Waals surface area contributed by atoms with Crippen LogP contribution in [0.3, 0.4) is 0 Å². The van der Waals surface area contributed by atoms with Crippen molar-refractivity contribution in [1.29, 1.82) is 5.26 Å². The first-order chi connectivity index (χ1) is 16.9. The average molecular weight is 516 g/mol. The van der Waals surface area contributed by atoms with Crippen LogP contribution in [0.5, 0.6) is 11.5 Å². The first kappa shape index (κ1) is 26.2. The van der Waals surface area contributed by atoms with Gasteiger partial charge in [0.1, 0.15) is 17.4 Å². The van der Waals surface area contributed by atoms with Crippen LogP contribution in [0.2, 0.25) is 5.02 Å². The van der Waals surface area contributed by atoms with Gasteiger partial charge in [0.15, 0.2) is 0 Å². The van der Waals surface area contributed by atoms with Crippen molar-refractivity contribution in [2.75, 3.05) is 5.32 Å². The maximum Gasteiger partial charge on any atom is 0.416 e. The van der Waals surface area contributed by atoms with Gasteiger partial charge in [-0.1, -0.05) is 23.7 Å². The van der Waals surface area contributed by atoms with E-state index >= 15 is 0 Å². The molecule has 0 aliphatic heterocycles. The topological polar surface area (TPSA) is 105 Å². The minimum atomic E-state index is -4.77. The van der Waals surface area contributed by atoms with E-state index in [0.29, 0.717) is 23.4 Å². The lowest BCUT2D eigenvalue weighted by atomic mass is 10.1. The largest absolute Gasteiger partial charge is 0.449 e. The molecule has 0 fully saturated rings. The third kappa shape index (κ3) is 6.20. The second kappa shape index (κ2) is 10.5. The molecular weight excluding hydrogens is 499 g/mol. The van der Waals surface area contributed by atoms with Crippen LogP contribution in [0, 0.1) is 35.3 Å². The summed E-state index contributed by atoms with van der Waals surface area (Å²) < 4.78 is 44.1. The molecule has 36 heavy (non-hydrogen) atoms. The van der Waals surface area contributed by atoms with Gasteiger partial charge < -0.3 is 10.1 Å². The number of benzene rings is 3. The minimum absolute atomic E-state index is 0.0511. The Morgan fingerprint density at radius 3 is 2.36 bits per heavy atom. The molecule has 0 aliphatic carbocycles. The van der Waals surface area contributed by atoms with Crippen molar-refractivity contribution in [3.8, 4) is 17.6 Å². The highest BCUT2D eigenvalue weighted by Gasteiger charge is 2.33. The number of hydrogen-bond donors (Lipinski definition) is 1. The third-order valence-corrected chi connectivity index (χ3v) is 5.40. The number of alkyl halides is 3. The van der Waals surface area contributed by atoms with E-state index in [2.05, 4.69) is 5.32 Å². The minimum Gasteiger partial charge on any atom is -0.449 e. The molecule has 0 radical (unpaired) electrons. The number of nitro groups is 1. The molecule has 0 aromatic heterocycles. The summed E-state index contributed by atoms with van der Waals surface area (Å²) in [6.45, 7) is 3.81. The number of nitriles is 1. The lowest BCUT2D eigenvalue weighted by Crippen LogP contribution is -2.13. The highest BCUT2D eigenvalue weighted by molar-refractivity contribution is 6.32. The Morgan fingerprint density at radius 1 is 1.08 bits per heavy atom. The monoisotopic (exact) mass is 515 g/mol. The molecule has 0 saturated carbocycles. The zero-order valence-corrected chi connectivity index (χ0v) is 19.6. The molecule has 11 heteroatoms. The Balaban J connectivity index is 1.84. The summed E-state index contributed by atoms with van der Waals surface area (Å²) in [5, 5.41) is 23.3. The van der Waals surface area contributed by atoms with E-state index in [4.69, 9.17) is 16.3 Å². The van der Waals surface area contributed by atoms with Gasteiger partial charge in [-0.25, -0.2) is 0 Å². The Bertz CT molecular complexity index is 1430. The van der Waals surface area contributed by atoms with Crippen molar-refractivity contribution < 1.29 is 27.6 Å². The Kier molecular flexibility index (Phi) is 7.65. The van der Waals surface area contributed by atoms with Gasteiger partial charge in [0.05, 0.1) is 15.5 Å². The van der Waals surface area contributed by atoms with Gasteiger partial charge in [0.25, 0.3) is 5.91 Å². The lowest BCUT2D eigenvalue weighted by molar-refractivity contribution is -0.385. The summed E-state index contributed by atoms with van der Waals surface area (Å²) >= 11 is 6.20. The average Bonchev–Trinajstić information content (AvgIpc) is 2.80. The fourth-order valence-corrected chi connectivity index (χ4v) is 3.29. The summed E-state index contributed by atoms with van der Waals surface area (Å²) in [5.74, 6) is -1.16. The van der Waals surface area contributed by atoms with Crippen LogP contribution in [-0.4, -0.2) is 10.8 Å². The number of carbonyl (C=O) groups excluding carboxylic acids is 1. The molecule has 0 bridgehead atoms. The van der Waals surface area contributed by atoms with Crippen LogP contribution in [0.25, 0.3) is 6.08 Å². The molecule has 0 aliphatic rings. The second-order valence-corrected chi connectivity index (χ2v) is 8.06. The zero-order valence-electron chi connectivity index (χ0n) is 18.8. The van der Waals surface area contributed by atoms with Crippen molar-refractivity contribution >= 4 is 35.0 Å². The van der Waals surface area contributed by atoms with E-state index in [-0.39, 0.29) is 16.3 Å². The molecule has 0 atom stereocenters. The third-order valence-electron chi connectivity index (χ3n) is 5.10. The number of aryl methyl sites for hydroxylation is 2. The quantitative estimate of drug-likeness (QED) is 0.161. The molecule has 184 valence electrons. The van der Waals surface area contributed by atoms with Gasteiger partial charge >= 0.3 is 11.9 Å². The number of halogens is 4. The first-order valence-corrected chi connectivity index (χ1v) is 10.6. The van der Waals surface area contributed by atoms with Crippen molar-refractivity contribution in [2.45, 2.75) is 20.0 Å². The van der Waals surface area contributed by atoms with Crippen molar-refractivity contribution in [2.24, 2.45) is 0 Å². The molecule has 3 aromatic carbocycles. The van der Waals surface area contributed by atoms with Gasteiger partial charge in [0.2, 0.25) is 5.75 Å². The highest BCUT2D eigenvalue weighted by Crippen LogP contribution is 2.39. The molecule has 0 saturated heterocycles. The normalized spacial score (nSPS) is 11.5. The van der Waals surface area contributed by atoms with Crippen LogP contribution in [-0.2, 0) is 11.0 Å². The number of nitrogens with zero attached hydrogens (tertiary/aromatic N) is 2. The maximum atomic E-state index is 12.9. The number of carbonyl (C=O) groups is 1. The highest BCUT2D eigenvalue weighted by atomic mass is 35.5. The number of ether oxygens (including phenoxy) is 1. The van der Waals surface area contributed by atoms with Gasteiger partial charge in [-0.15, -0.1) is 0 Å². The number of amides is 1. The fraction of sp³-hybridized carbons (Fsp3) is 0.120. The van der Waals surface area contributed by atoms with Crippen LogP contribution in [0.4, 0.5) is 24.5 Å². The van der Waals surface area contributed by atoms with Crippen LogP contribution < -0.4 is 10.1 Å². The lowest BCUT2D eigenvalue weighted by Gasteiger charge is -2.11. The molecule has 0 heterocycles. The van der Waals surface area contributed by atoms with Gasteiger partial charge in [0, 0.05) is 11.8 Å². The first-order valence-electron chi connectivity index (χ1n) is 10.2. The van der Waals surface area contributed by atoms with Gasteiger partial charge in [-0.2, -0.15) is 18.4 Å². The predicted molar refractivity (Wildman–Crippen MR) is 128 cm³/mol. The number of rotatable bonds is 6. The molecule has 3 rings (SSSR count). The van der Waals surface area contributed by atoms with E-state index in [1.807, 2.05) is 26.0 Å². The van der Waals surface area contributed by atoms with E-state index in [9.17, 15) is 33.3 Å². The Hall–Kier alpha value is -4.36. The Morgan fingerprint density at radius 2 is 1.78 bits per heavy atom. The van der Waals surface area contributed by atoms with Crippen molar-refractivity contribution in [3.63, 3.8) is 0 Å². The van der Waals surface area contributed by atoms with E-state index in [1.54, 1.807) is 12.1 Å². The number of hydrogen-bond acceptors (Lipinski definition) is 5. The van der Waals surface area contributed by atoms with Crippen LogP contribution in [0.15, 0.2) is 60.2 Å². The molecular formula is C25H17ClF3N3O4. The Labute approximate surface area is 208 Å². The molecule has 0 spiro atoms.